The Bertz CT molecular complexity index is 540. The second-order valence-corrected chi connectivity index (χ2v) is 4.88. The van der Waals surface area contributed by atoms with Crippen molar-refractivity contribution in [2.75, 3.05) is 6.61 Å². The number of hydrogen-bond donors (Lipinski definition) is 1. The maximum atomic E-state index is 5.83. The van der Waals surface area contributed by atoms with Gasteiger partial charge in [0.15, 0.2) is 0 Å². The van der Waals surface area contributed by atoms with Gasteiger partial charge < -0.3 is 15.2 Å². The molecular weight excluding hydrogens is 306 g/mol. The molecule has 0 amide bonds. The number of nitrogens with two attached hydrogens (primary N) is 1. The maximum Gasteiger partial charge on any atom is 0.131 e. The first-order valence-corrected chi connectivity index (χ1v) is 6.91. The summed E-state index contributed by atoms with van der Waals surface area (Å²) in [6.45, 7) is 3.05. The number of benzene rings is 2. The molecule has 0 aliphatic heterocycles. The topological polar surface area (TPSA) is 44.5 Å². The molecule has 3 nitrogen and oxygen atoms in total. The molecule has 100 valence electrons. The zero-order valence-corrected chi connectivity index (χ0v) is 12.3. The van der Waals surface area contributed by atoms with Gasteiger partial charge in [0.05, 0.1) is 6.61 Å². The largest absolute Gasteiger partial charge is 0.494 e. The summed E-state index contributed by atoms with van der Waals surface area (Å²) < 4.78 is 12.2. The summed E-state index contributed by atoms with van der Waals surface area (Å²) >= 11 is 3.42. The summed E-state index contributed by atoms with van der Waals surface area (Å²) in [6.07, 6.45) is 0. The van der Waals surface area contributed by atoms with E-state index in [2.05, 4.69) is 15.9 Å². The molecule has 0 saturated heterocycles. The summed E-state index contributed by atoms with van der Waals surface area (Å²) in [6, 6.07) is 13.3. The van der Waals surface area contributed by atoms with Gasteiger partial charge in [-0.3, -0.25) is 0 Å². The molecule has 0 aliphatic carbocycles. The Morgan fingerprint density at radius 2 is 1.74 bits per heavy atom. The van der Waals surface area contributed by atoms with Crippen LogP contribution >= 0.6 is 15.9 Å². The van der Waals surface area contributed by atoms with Gasteiger partial charge in [-0.05, 0) is 49.4 Å². The summed E-state index contributed by atoms with van der Waals surface area (Å²) in [5.74, 6) is 2.38. The summed E-state index contributed by atoms with van der Waals surface area (Å²) in [4.78, 5) is 0. The number of hydrogen-bond acceptors (Lipinski definition) is 3. The minimum absolute atomic E-state index is 0.436. The van der Waals surface area contributed by atoms with Crippen molar-refractivity contribution in [3.8, 4) is 17.2 Å². The molecule has 0 radical (unpaired) electrons. The van der Waals surface area contributed by atoms with Crippen LogP contribution in [0.2, 0.25) is 0 Å². The smallest absolute Gasteiger partial charge is 0.131 e. The average Bonchev–Trinajstić information content (AvgIpc) is 2.43. The second-order valence-electron chi connectivity index (χ2n) is 3.96. The fraction of sp³-hybridized carbons (Fsp3) is 0.200. The van der Waals surface area contributed by atoms with Crippen LogP contribution in [0.25, 0.3) is 0 Å². The van der Waals surface area contributed by atoms with Crippen molar-refractivity contribution < 1.29 is 9.47 Å². The lowest BCUT2D eigenvalue weighted by Gasteiger charge is -2.11. The van der Waals surface area contributed by atoms with E-state index >= 15 is 0 Å². The van der Waals surface area contributed by atoms with Crippen molar-refractivity contribution in [1.29, 1.82) is 0 Å². The van der Waals surface area contributed by atoms with E-state index in [1.807, 2.05) is 49.4 Å². The first-order chi connectivity index (χ1) is 9.22. The number of halogens is 1. The van der Waals surface area contributed by atoms with Crippen LogP contribution in [0.15, 0.2) is 46.9 Å². The zero-order valence-electron chi connectivity index (χ0n) is 10.7. The van der Waals surface area contributed by atoms with Crippen molar-refractivity contribution in [3.63, 3.8) is 0 Å². The van der Waals surface area contributed by atoms with Gasteiger partial charge in [0.1, 0.15) is 17.2 Å². The Kier molecular flexibility index (Phi) is 4.82. The standard InChI is InChI=1S/C15H16BrNO2/c1-2-18-13-4-6-14(7-5-13)19-15-8-3-12(16)9-11(15)10-17/h3-9H,2,10,17H2,1H3. The normalized spacial score (nSPS) is 10.3. The van der Waals surface area contributed by atoms with Crippen LogP contribution < -0.4 is 15.2 Å². The van der Waals surface area contributed by atoms with Crippen molar-refractivity contribution in [1.82, 2.24) is 0 Å². The van der Waals surface area contributed by atoms with E-state index in [0.717, 1.165) is 27.3 Å². The molecule has 0 spiro atoms. The highest BCUT2D eigenvalue weighted by atomic mass is 79.9. The summed E-state index contributed by atoms with van der Waals surface area (Å²) in [7, 11) is 0. The van der Waals surface area contributed by atoms with E-state index in [1.54, 1.807) is 0 Å². The fourth-order valence-corrected chi connectivity index (χ4v) is 2.11. The van der Waals surface area contributed by atoms with Gasteiger partial charge in [-0.25, -0.2) is 0 Å². The van der Waals surface area contributed by atoms with Crippen molar-refractivity contribution in [2.45, 2.75) is 13.5 Å². The Hall–Kier alpha value is -1.52. The Balaban J connectivity index is 2.16. The van der Waals surface area contributed by atoms with E-state index in [-0.39, 0.29) is 0 Å². The third-order valence-electron chi connectivity index (χ3n) is 2.60. The molecule has 2 N–H and O–H groups in total. The van der Waals surface area contributed by atoms with Gasteiger partial charge in [-0.2, -0.15) is 0 Å². The van der Waals surface area contributed by atoms with Gasteiger partial charge in [0, 0.05) is 16.6 Å². The zero-order chi connectivity index (χ0) is 13.7. The van der Waals surface area contributed by atoms with Crippen LogP contribution in [0.4, 0.5) is 0 Å². The molecule has 0 aliphatic rings. The number of ether oxygens (including phenoxy) is 2. The van der Waals surface area contributed by atoms with Crippen molar-refractivity contribution >= 4 is 15.9 Å². The van der Waals surface area contributed by atoms with Gasteiger partial charge in [0.2, 0.25) is 0 Å². The minimum Gasteiger partial charge on any atom is -0.494 e. The molecule has 4 heteroatoms. The average molecular weight is 322 g/mol. The lowest BCUT2D eigenvalue weighted by molar-refractivity contribution is 0.339. The third kappa shape index (κ3) is 3.72. The Morgan fingerprint density at radius 3 is 2.37 bits per heavy atom. The molecule has 0 bridgehead atoms. The SMILES string of the molecule is CCOc1ccc(Oc2ccc(Br)cc2CN)cc1. The van der Waals surface area contributed by atoms with E-state index in [4.69, 9.17) is 15.2 Å². The van der Waals surface area contributed by atoms with Crippen LogP contribution in [0, 0.1) is 0 Å². The van der Waals surface area contributed by atoms with E-state index in [0.29, 0.717) is 13.2 Å². The summed E-state index contributed by atoms with van der Waals surface area (Å²) in [5, 5.41) is 0. The highest BCUT2D eigenvalue weighted by molar-refractivity contribution is 9.10. The predicted molar refractivity (Wildman–Crippen MR) is 79.7 cm³/mol. The van der Waals surface area contributed by atoms with Crippen molar-refractivity contribution in [2.24, 2.45) is 5.73 Å². The first kappa shape index (κ1) is 13.9. The fourth-order valence-electron chi connectivity index (χ4n) is 1.70. The highest BCUT2D eigenvalue weighted by Gasteiger charge is 2.05. The maximum absolute atomic E-state index is 5.83. The molecule has 19 heavy (non-hydrogen) atoms. The molecule has 2 aromatic rings. The summed E-state index contributed by atoms with van der Waals surface area (Å²) in [5.41, 5.74) is 6.68. The van der Waals surface area contributed by atoms with E-state index < -0.39 is 0 Å². The van der Waals surface area contributed by atoms with Gasteiger partial charge in [-0.1, -0.05) is 15.9 Å². The molecule has 2 rings (SSSR count). The van der Waals surface area contributed by atoms with Crippen LogP contribution in [0.3, 0.4) is 0 Å². The lowest BCUT2D eigenvalue weighted by Crippen LogP contribution is -1.99. The second kappa shape index (κ2) is 6.59. The molecule has 0 aromatic heterocycles. The first-order valence-electron chi connectivity index (χ1n) is 6.12. The lowest BCUT2D eigenvalue weighted by atomic mass is 10.2. The van der Waals surface area contributed by atoms with Crippen LogP contribution in [0.1, 0.15) is 12.5 Å². The van der Waals surface area contributed by atoms with Crippen LogP contribution in [-0.2, 0) is 6.54 Å². The van der Waals surface area contributed by atoms with Gasteiger partial charge in [-0.15, -0.1) is 0 Å². The molecular formula is C15H16BrNO2. The monoisotopic (exact) mass is 321 g/mol. The van der Waals surface area contributed by atoms with Gasteiger partial charge in [0.25, 0.3) is 0 Å². The number of rotatable bonds is 5. The quantitative estimate of drug-likeness (QED) is 0.901. The molecule has 0 fully saturated rings. The Labute approximate surface area is 121 Å². The van der Waals surface area contributed by atoms with Gasteiger partial charge >= 0.3 is 0 Å². The minimum atomic E-state index is 0.436. The van der Waals surface area contributed by atoms with E-state index in [9.17, 15) is 0 Å². The van der Waals surface area contributed by atoms with E-state index in [1.165, 1.54) is 0 Å². The molecule has 0 saturated carbocycles. The molecule has 0 heterocycles. The van der Waals surface area contributed by atoms with Crippen LogP contribution in [0.5, 0.6) is 17.2 Å². The molecule has 2 aromatic carbocycles. The molecule has 0 unspecified atom stereocenters. The highest BCUT2D eigenvalue weighted by Crippen LogP contribution is 2.28. The van der Waals surface area contributed by atoms with Crippen LogP contribution in [-0.4, -0.2) is 6.61 Å². The van der Waals surface area contributed by atoms with Crippen molar-refractivity contribution in [3.05, 3.63) is 52.5 Å². The third-order valence-corrected chi connectivity index (χ3v) is 3.10. The Morgan fingerprint density at radius 1 is 1.05 bits per heavy atom. The molecule has 0 atom stereocenters. The predicted octanol–water partition coefficient (Wildman–Crippen LogP) is 4.10.